The molecule has 162 valence electrons. The van der Waals surface area contributed by atoms with Crippen LogP contribution in [0.25, 0.3) is 0 Å². The maximum Gasteiger partial charge on any atom is 0.262 e. The van der Waals surface area contributed by atoms with Crippen LogP contribution >= 0.6 is 11.6 Å². The van der Waals surface area contributed by atoms with E-state index in [2.05, 4.69) is 15.3 Å². The average Bonchev–Trinajstić information content (AvgIpc) is 2.79. The zero-order valence-electron chi connectivity index (χ0n) is 17.3. The summed E-state index contributed by atoms with van der Waals surface area (Å²) in [7, 11) is 6.04. The van der Waals surface area contributed by atoms with Crippen molar-refractivity contribution in [2.75, 3.05) is 38.6 Å². The maximum absolute atomic E-state index is 12.8. The van der Waals surface area contributed by atoms with Gasteiger partial charge < -0.3 is 24.6 Å². The first-order valence-corrected chi connectivity index (χ1v) is 9.43. The lowest BCUT2D eigenvalue weighted by molar-refractivity contribution is 0.0989. The number of nitrogens with zero attached hydrogens (tertiary/aromatic N) is 3. The molecular formula is C21H21ClN4O5. The molecule has 2 aromatic carbocycles. The fourth-order valence-electron chi connectivity index (χ4n) is 2.87. The van der Waals surface area contributed by atoms with Crippen LogP contribution in [0.3, 0.4) is 0 Å². The van der Waals surface area contributed by atoms with Gasteiger partial charge in [0.05, 0.1) is 33.1 Å². The number of ether oxygens (including phenoxy) is 3. The van der Waals surface area contributed by atoms with Gasteiger partial charge in [-0.25, -0.2) is 4.98 Å². The van der Waals surface area contributed by atoms with Crippen molar-refractivity contribution in [2.24, 2.45) is 0 Å². The Morgan fingerprint density at radius 2 is 1.74 bits per heavy atom. The van der Waals surface area contributed by atoms with E-state index in [4.69, 9.17) is 25.8 Å². The molecule has 3 aromatic rings. The van der Waals surface area contributed by atoms with Crippen LogP contribution in [-0.2, 0) is 0 Å². The predicted octanol–water partition coefficient (Wildman–Crippen LogP) is 3.88. The zero-order valence-corrected chi connectivity index (χ0v) is 18.1. The number of anilines is 3. The predicted molar refractivity (Wildman–Crippen MR) is 117 cm³/mol. The monoisotopic (exact) mass is 444 g/mol. The van der Waals surface area contributed by atoms with Crippen LogP contribution in [0.5, 0.6) is 23.0 Å². The molecule has 0 saturated heterocycles. The summed E-state index contributed by atoms with van der Waals surface area (Å²) in [4.78, 5) is 22.6. The lowest BCUT2D eigenvalue weighted by Gasteiger charge is -2.19. The maximum atomic E-state index is 12.8. The van der Waals surface area contributed by atoms with Gasteiger partial charge in [0.25, 0.3) is 5.91 Å². The highest BCUT2D eigenvalue weighted by atomic mass is 35.5. The van der Waals surface area contributed by atoms with Crippen molar-refractivity contribution in [3.63, 3.8) is 0 Å². The molecule has 1 amide bonds. The lowest BCUT2D eigenvalue weighted by atomic mass is 10.2. The molecule has 0 aliphatic heterocycles. The largest absolute Gasteiger partial charge is 0.507 e. The molecule has 0 saturated carbocycles. The number of phenols is 1. The Kier molecular flexibility index (Phi) is 6.66. The van der Waals surface area contributed by atoms with Gasteiger partial charge in [-0.2, -0.15) is 4.98 Å². The van der Waals surface area contributed by atoms with Crippen molar-refractivity contribution in [1.82, 2.24) is 9.97 Å². The number of halogens is 1. The van der Waals surface area contributed by atoms with Crippen molar-refractivity contribution in [3.8, 4) is 23.0 Å². The topological polar surface area (TPSA) is 106 Å². The summed E-state index contributed by atoms with van der Waals surface area (Å²) < 4.78 is 16.0. The number of aromatic hydroxyl groups is 1. The Hall–Kier alpha value is -3.72. The number of nitrogens with one attached hydrogen (secondary N) is 1. The summed E-state index contributed by atoms with van der Waals surface area (Å²) in [5, 5.41) is 13.2. The smallest absolute Gasteiger partial charge is 0.262 e. The molecule has 0 unspecified atom stereocenters. The normalized spacial score (nSPS) is 10.4. The number of benzene rings is 2. The van der Waals surface area contributed by atoms with E-state index < -0.39 is 5.91 Å². The van der Waals surface area contributed by atoms with E-state index in [-0.39, 0.29) is 28.1 Å². The van der Waals surface area contributed by atoms with Crippen LogP contribution in [0.15, 0.2) is 42.6 Å². The highest BCUT2D eigenvalue weighted by Crippen LogP contribution is 2.40. The van der Waals surface area contributed by atoms with Crippen LogP contribution in [0.4, 0.5) is 17.5 Å². The molecule has 10 heteroatoms. The van der Waals surface area contributed by atoms with Crippen molar-refractivity contribution >= 4 is 35.0 Å². The number of methoxy groups -OCH3 is 3. The first kappa shape index (κ1) is 22.0. The molecule has 0 atom stereocenters. The number of rotatable bonds is 7. The van der Waals surface area contributed by atoms with Crippen molar-refractivity contribution in [2.45, 2.75) is 0 Å². The third kappa shape index (κ3) is 4.56. The number of hydrogen-bond donors (Lipinski definition) is 2. The number of hydrogen-bond acceptors (Lipinski definition) is 8. The Bertz CT molecular complexity index is 1080. The van der Waals surface area contributed by atoms with Crippen LogP contribution in [0, 0.1) is 0 Å². The number of carbonyl (C=O) groups is 1. The Morgan fingerprint density at radius 1 is 1.10 bits per heavy atom. The molecule has 0 radical (unpaired) electrons. The SMILES string of the molecule is COc1cc(Nc2ncc(Cl)c(N(C)C(=O)c3ccccc3O)n2)cc(OC)c1OC. The van der Waals surface area contributed by atoms with Gasteiger partial charge in [0, 0.05) is 24.9 Å². The molecule has 3 rings (SSSR count). The van der Waals surface area contributed by atoms with E-state index in [1.807, 2.05) is 0 Å². The summed E-state index contributed by atoms with van der Waals surface area (Å²) >= 11 is 6.23. The van der Waals surface area contributed by atoms with Crippen LogP contribution < -0.4 is 24.4 Å². The van der Waals surface area contributed by atoms with E-state index >= 15 is 0 Å². The molecule has 31 heavy (non-hydrogen) atoms. The van der Waals surface area contributed by atoms with Gasteiger partial charge in [0.2, 0.25) is 11.7 Å². The zero-order chi connectivity index (χ0) is 22.5. The minimum atomic E-state index is -0.475. The third-order valence-corrected chi connectivity index (χ3v) is 4.67. The molecule has 1 heterocycles. The first-order chi connectivity index (χ1) is 14.9. The number of para-hydroxylation sites is 1. The number of amides is 1. The fourth-order valence-corrected chi connectivity index (χ4v) is 3.09. The molecule has 0 aliphatic carbocycles. The van der Waals surface area contributed by atoms with Crippen molar-refractivity contribution < 1.29 is 24.1 Å². The van der Waals surface area contributed by atoms with Gasteiger partial charge in [-0.05, 0) is 12.1 Å². The number of phenolic OH excluding ortho intramolecular Hbond substituents is 1. The summed E-state index contributed by atoms with van der Waals surface area (Å²) in [6.45, 7) is 0. The van der Waals surface area contributed by atoms with E-state index in [0.29, 0.717) is 22.9 Å². The lowest BCUT2D eigenvalue weighted by Crippen LogP contribution is -2.27. The second-order valence-corrected chi connectivity index (χ2v) is 6.69. The Labute approximate surface area is 184 Å². The quantitative estimate of drug-likeness (QED) is 0.565. The minimum absolute atomic E-state index is 0.124. The standard InChI is InChI=1S/C21H21ClN4O5/c1-26(20(28)13-7-5-6-8-15(13)27)19-14(22)11-23-21(25-19)24-12-9-16(29-2)18(31-4)17(10-12)30-3/h5-11,27H,1-4H3,(H,23,24,25). The second-order valence-electron chi connectivity index (χ2n) is 6.29. The molecule has 1 aromatic heterocycles. The molecule has 0 aliphatic rings. The highest BCUT2D eigenvalue weighted by molar-refractivity contribution is 6.33. The fraction of sp³-hybridized carbons (Fsp3) is 0.190. The summed E-state index contributed by atoms with van der Waals surface area (Å²) in [5.41, 5.74) is 0.691. The van der Waals surface area contributed by atoms with Gasteiger partial charge >= 0.3 is 0 Å². The van der Waals surface area contributed by atoms with Crippen LogP contribution in [0.1, 0.15) is 10.4 Å². The molecule has 9 nitrogen and oxygen atoms in total. The van der Waals surface area contributed by atoms with Gasteiger partial charge in [-0.1, -0.05) is 23.7 Å². The summed E-state index contributed by atoms with van der Waals surface area (Å²) in [6, 6.07) is 9.60. The molecule has 0 bridgehead atoms. The van der Waals surface area contributed by atoms with Crippen LogP contribution in [-0.4, -0.2) is 49.4 Å². The second kappa shape index (κ2) is 9.40. The van der Waals surface area contributed by atoms with E-state index in [1.54, 1.807) is 24.3 Å². The Balaban J connectivity index is 1.93. The van der Waals surface area contributed by atoms with E-state index in [9.17, 15) is 9.90 Å². The van der Waals surface area contributed by atoms with Gasteiger partial charge in [0.15, 0.2) is 17.3 Å². The van der Waals surface area contributed by atoms with Crippen LogP contribution in [0.2, 0.25) is 5.02 Å². The molecular weight excluding hydrogens is 424 g/mol. The van der Waals surface area contributed by atoms with E-state index in [0.717, 1.165) is 0 Å². The van der Waals surface area contributed by atoms with E-state index in [1.165, 1.54) is 51.6 Å². The van der Waals surface area contributed by atoms with Crippen molar-refractivity contribution in [1.29, 1.82) is 0 Å². The minimum Gasteiger partial charge on any atom is -0.507 e. The molecule has 2 N–H and O–H groups in total. The third-order valence-electron chi connectivity index (χ3n) is 4.40. The number of carbonyl (C=O) groups excluding carboxylic acids is 1. The Morgan fingerprint density at radius 3 is 2.32 bits per heavy atom. The van der Waals surface area contributed by atoms with Gasteiger partial charge in [-0.15, -0.1) is 0 Å². The first-order valence-electron chi connectivity index (χ1n) is 9.05. The van der Waals surface area contributed by atoms with Crippen molar-refractivity contribution in [3.05, 3.63) is 53.2 Å². The number of aromatic nitrogens is 2. The molecule has 0 fully saturated rings. The highest BCUT2D eigenvalue weighted by Gasteiger charge is 2.21. The van der Waals surface area contributed by atoms with Gasteiger partial charge in [-0.3, -0.25) is 9.69 Å². The van der Waals surface area contributed by atoms with Gasteiger partial charge in [0.1, 0.15) is 10.8 Å². The average molecular weight is 445 g/mol. The summed E-state index contributed by atoms with van der Waals surface area (Å²) in [6.07, 6.45) is 1.37. The molecule has 0 spiro atoms. The summed E-state index contributed by atoms with van der Waals surface area (Å²) in [5.74, 6) is 1.08.